The summed E-state index contributed by atoms with van der Waals surface area (Å²) in [7, 11) is 1.64. The molecule has 2 rings (SSSR count). The molecular formula is C14H23N3O. The van der Waals surface area contributed by atoms with E-state index in [2.05, 4.69) is 22.2 Å². The van der Waals surface area contributed by atoms with Crippen LogP contribution in [0.15, 0.2) is 12.4 Å². The smallest absolute Gasteiger partial charge is 0.216 e. The van der Waals surface area contributed by atoms with Crippen LogP contribution in [0.4, 0.5) is 0 Å². The quantitative estimate of drug-likeness (QED) is 0.839. The van der Waals surface area contributed by atoms with E-state index in [1.54, 1.807) is 13.4 Å². The maximum absolute atomic E-state index is 5.15. The lowest BCUT2D eigenvalue weighted by Gasteiger charge is -2.24. The van der Waals surface area contributed by atoms with Crippen molar-refractivity contribution < 1.29 is 4.74 Å². The maximum atomic E-state index is 5.15. The molecule has 4 heteroatoms. The lowest BCUT2D eigenvalue weighted by Crippen LogP contribution is -2.37. The molecule has 0 spiro atoms. The van der Waals surface area contributed by atoms with Crippen molar-refractivity contribution >= 4 is 0 Å². The second-order valence-corrected chi connectivity index (χ2v) is 4.96. The summed E-state index contributed by atoms with van der Waals surface area (Å²) in [4.78, 5) is 8.40. The van der Waals surface area contributed by atoms with Crippen molar-refractivity contribution in [3.63, 3.8) is 0 Å². The summed E-state index contributed by atoms with van der Waals surface area (Å²) >= 11 is 0. The van der Waals surface area contributed by atoms with Crippen LogP contribution < -0.4 is 10.1 Å². The standard InChI is InChI=1S/C14H23N3O/c1-3-15-13(11-6-4-5-7-11)8-12-9-14(18-2)17-10-16-12/h9-11,13,15H,3-8H2,1-2H3. The highest BCUT2D eigenvalue weighted by atomic mass is 16.5. The van der Waals surface area contributed by atoms with Crippen LogP contribution in [0.1, 0.15) is 38.3 Å². The van der Waals surface area contributed by atoms with Gasteiger partial charge in [-0.3, -0.25) is 0 Å². The second-order valence-electron chi connectivity index (χ2n) is 4.96. The first-order valence-corrected chi connectivity index (χ1v) is 6.91. The van der Waals surface area contributed by atoms with Crippen LogP contribution in [0.5, 0.6) is 5.88 Å². The normalized spacial score (nSPS) is 17.9. The predicted molar refractivity (Wildman–Crippen MR) is 71.7 cm³/mol. The molecule has 1 saturated carbocycles. The van der Waals surface area contributed by atoms with E-state index in [1.165, 1.54) is 25.7 Å². The van der Waals surface area contributed by atoms with Gasteiger partial charge in [-0.25, -0.2) is 9.97 Å². The Morgan fingerprint density at radius 2 is 2.17 bits per heavy atom. The van der Waals surface area contributed by atoms with Crippen molar-refractivity contribution in [1.82, 2.24) is 15.3 Å². The van der Waals surface area contributed by atoms with E-state index in [-0.39, 0.29) is 0 Å². The van der Waals surface area contributed by atoms with Gasteiger partial charge in [0.1, 0.15) is 6.33 Å². The highest BCUT2D eigenvalue weighted by Gasteiger charge is 2.24. The molecule has 1 aromatic rings. The number of hydrogen-bond donors (Lipinski definition) is 1. The zero-order chi connectivity index (χ0) is 12.8. The molecule has 0 aliphatic heterocycles. The fraction of sp³-hybridized carbons (Fsp3) is 0.714. The molecule has 0 aromatic carbocycles. The van der Waals surface area contributed by atoms with Gasteiger partial charge in [-0.1, -0.05) is 19.8 Å². The zero-order valence-corrected chi connectivity index (χ0v) is 11.4. The van der Waals surface area contributed by atoms with Gasteiger partial charge >= 0.3 is 0 Å². The Morgan fingerprint density at radius 3 is 2.83 bits per heavy atom. The molecule has 0 bridgehead atoms. The minimum atomic E-state index is 0.539. The highest BCUT2D eigenvalue weighted by Crippen LogP contribution is 2.29. The van der Waals surface area contributed by atoms with E-state index in [0.29, 0.717) is 11.9 Å². The number of likely N-dealkylation sites (N-methyl/N-ethyl adjacent to an activating group) is 1. The van der Waals surface area contributed by atoms with E-state index in [0.717, 1.165) is 24.6 Å². The molecular weight excluding hydrogens is 226 g/mol. The van der Waals surface area contributed by atoms with Crippen molar-refractivity contribution in [3.8, 4) is 5.88 Å². The third-order valence-corrected chi connectivity index (χ3v) is 3.77. The number of ether oxygens (including phenoxy) is 1. The van der Waals surface area contributed by atoms with Crippen molar-refractivity contribution in [2.45, 2.75) is 45.1 Å². The van der Waals surface area contributed by atoms with E-state index in [9.17, 15) is 0 Å². The van der Waals surface area contributed by atoms with Gasteiger partial charge in [-0.2, -0.15) is 0 Å². The first-order chi connectivity index (χ1) is 8.83. The lowest BCUT2D eigenvalue weighted by molar-refractivity contribution is 0.357. The Kier molecular flexibility index (Phi) is 4.93. The third kappa shape index (κ3) is 3.42. The number of nitrogens with one attached hydrogen (secondary N) is 1. The van der Waals surface area contributed by atoms with Crippen LogP contribution in [0.25, 0.3) is 0 Å². The SMILES string of the molecule is CCNC(Cc1cc(OC)ncn1)C1CCCC1. The summed E-state index contributed by atoms with van der Waals surface area (Å²) in [6.45, 7) is 3.19. The maximum Gasteiger partial charge on any atom is 0.216 e. The molecule has 0 saturated heterocycles. The monoisotopic (exact) mass is 249 g/mol. The molecule has 4 nitrogen and oxygen atoms in total. The van der Waals surface area contributed by atoms with Gasteiger partial charge in [0, 0.05) is 24.2 Å². The summed E-state index contributed by atoms with van der Waals surface area (Å²) in [5, 5.41) is 3.61. The van der Waals surface area contributed by atoms with Crippen molar-refractivity contribution in [1.29, 1.82) is 0 Å². The Labute approximate surface area is 109 Å². The van der Waals surface area contributed by atoms with Crippen LogP contribution in [0.2, 0.25) is 0 Å². The van der Waals surface area contributed by atoms with Gasteiger partial charge in [0.05, 0.1) is 7.11 Å². The van der Waals surface area contributed by atoms with Crippen LogP contribution in [0, 0.1) is 5.92 Å². The Bertz CT molecular complexity index is 364. The summed E-state index contributed by atoms with van der Waals surface area (Å²) < 4.78 is 5.15. The lowest BCUT2D eigenvalue weighted by atomic mass is 9.94. The average molecular weight is 249 g/mol. The van der Waals surface area contributed by atoms with Gasteiger partial charge < -0.3 is 10.1 Å². The molecule has 1 unspecified atom stereocenters. The molecule has 1 aliphatic rings. The molecule has 0 radical (unpaired) electrons. The van der Waals surface area contributed by atoms with E-state index < -0.39 is 0 Å². The molecule has 1 fully saturated rings. The van der Waals surface area contributed by atoms with Crippen LogP contribution in [-0.2, 0) is 6.42 Å². The van der Waals surface area contributed by atoms with Crippen molar-refractivity contribution in [2.75, 3.05) is 13.7 Å². The Balaban J connectivity index is 2.02. The molecule has 1 N–H and O–H groups in total. The van der Waals surface area contributed by atoms with Gasteiger partial charge in [-0.15, -0.1) is 0 Å². The molecule has 1 aromatic heterocycles. The van der Waals surface area contributed by atoms with E-state index >= 15 is 0 Å². The molecule has 1 atom stereocenters. The van der Waals surface area contributed by atoms with Gasteiger partial charge in [-0.05, 0) is 25.3 Å². The number of hydrogen-bond acceptors (Lipinski definition) is 4. The Hall–Kier alpha value is -1.16. The topological polar surface area (TPSA) is 47.0 Å². The third-order valence-electron chi connectivity index (χ3n) is 3.77. The Morgan fingerprint density at radius 1 is 1.39 bits per heavy atom. The molecule has 1 aliphatic carbocycles. The first kappa shape index (κ1) is 13.3. The average Bonchev–Trinajstić information content (AvgIpc) is 2.92. The van der Waals surface area contributed by atoms with Crippen LogP contribution >= 0.6 is 0 Å². The largest absolute Gasteiger partial charge is 0.481 e. The van der Waals surface area contributed by atoms with Crippen LogP contribution in [0.3, 0.4) is 0 Å². The molecule has 100 valence electrons. The molecule has 1 heterocycles. The molecule has 0 amide bonds. The van der Waals surface area contributed by atoms with Gasteiger partial charge in [0.25, 0.3) is 0 Å². The minimum Gasteiger partial charge on any atom is -0.481 e. The summed E-state index contributed by atoms with van der Waals surface area (Å²) in [6.07, 6.45) is 8.00. The van der Waals surface area contributed by atoms with E-state index in [4.69, 9.17) is 4.74 Å². The van der Waals surface area contributed by atoms with Gasteiger partial charge in [0.2, 0.25) is 5.88 Å². The van der Waals surface area contributed by atoms with Gasteiger partial charge in [0.15, 0.2) is 0 Å². The van der Waals surface area contributed by atoms with Crippen molar-refractivity contribution in [2.24, 2.45) is 5.92 Å². The van der Waals surface area contributed by atoms with Crippen molar-refractivity contribution in [3.05, 3.63) is 18.1 Å². The molecule has 18 heavy (non-hydrogen) atoms. The fourth-order valence-electron chi connectivity index (χ4n) is 2.85. The fourth-order valence-corrected chi connectivity index (χ4v) is 2.85. The minimum absolute atomic E-state index is 0.539. The predicted octanol–water partition coefficient (Wildman–Crippen LogP) is 2.20. The first-order valence-electron chi connectivity index (χ1n) is 6.91. The number of methoxy groups -OCH3 is 1. The summed E-state index contributed by atoms with van der Waals surface area (Å²) in [5.74, 6) is 1.45. The number of rotatable bonds is 6. The number of aromatic nitrogens is 2. The highest BCUT2D eigenvalue weighted by molar-refractivity contribution is 5.14. The number of nitrogens with zero attached hydrogens (tertiary/aromatic N) is 2. The second kappa shape index (κ2) is 6.69. The van der Waals surface area contributed by atoms with Crippen LogP contribution in [-0.4, -0.2) is 29.7 Å². The zero-order valence-electron chi connectivity index (χ0n) is 11.4. The van der Waals surface area contributed by atoms with E-state index in [1.807, 2.05) is 6.07 Å². The summed E-state index contributed by atoms with van der Waals surface area (Å²) in [5.41, 5.74) is 1.07. The summed E-state index contributed by atoms with van der Waals surface area (Å²) in [6, 6.07) is 2.48.